The quantitative estimate of drug-likeness (QED) is 0.778. The Kier molecular flexibility index (Phi) is 3.57. The first kappa shape index (κ1) is 11.1. The molecule has 1 aliphatic heterocycles. The van der Waals surface area contributed by atoms with Gasteiger partial charge in [0.25, 0.3) is 0 Å². The largest absolute Gasteiger partial charge is 0.380 e. The summed E-state index contributed by atoms with van der Waals surface area (Å²) in [6.07, 6.45) is 1.35. The van der Waals surface area contributed by atoms with Gasteiger partial charge in [0.1, 0.15) is 5.78 Å². The van der Waals surface area contributed by atoms with Gasteiger partial charge in [0, 0.05) is 38.7 Å². The fourth-order valence-corrected chi connectivity index (χ4v) is 2.02. The van der Waals surface area contributed by atoms with Crippen LogP contribution in [0.15, 0.2) is 24.3 Å². The highest BCUT2D eigenvalue weighted by Gasteiger charge is 2.16. The summed E-state index contributed by atoms with van der Waals surface area (Å²) < 4.78 is 5.11. The van der Waals surface area contributed by atoms with Crippen LogP contribution in [0.2, 0.25) is 0 Å². The van der Waals surface area contributed by atoms with Crippen LogP contribution in [0.5, 0.6) is 0 Å². The molecule has 1 heterocycles. The van der Waals surface area contributed by atoms with E-state index in [1.165, 1.54) is 11.3 Å². The number of Topliss-reactive ketones (excluding diaryl/α,β-unsaturated/α-hetero) is 1. The van der Waals surface area contributed by atoms with Gasteiger partial charge in [-0.15, -0.1) is 0 Å². The fourth-order valence-electron chi connectivity index (χ4n) is 2.02. The minimum absolute atomic E-state index is 0.379. The van der Waals surface area contributed by atoms with Crippen LogP contribution in [-0.4, -0.2) is 26.0 Å². The first-order chi connectivity index (χ1) is 7.79. The summed E-state index contributed by atoms with van der Waals surface area (Å²) in [6.45, 7) is 2.32. The predicted molar refractivity (Wildman–Crippen MR) is 63.6 cm³/mol. The molecule has 0 saturated carbocycles. The van der Waals surface area contributed by atoms with Crippen molar-refractivity contribution in [2.45, 2.75) is 19.4 Å². The first-order valence-electron chi connectivity index (χ1n) is 5.64. The van der Waals surface area contributed by atoms with Crippen molar-refractivity contribution in [3.05, 3.63) is 29.8 Å². The molecular weight excluding hydrogens is 202 g/mol. The topological polar surface area (TPSA) is 29.5 Å². The van der Waals surface area contributed by atoms with Gasteiger partial charge >= 0.3 is 0 Å². The minimum atomic E-state index is 0.379. The highest BCUT2D eigenvalue weighted by Crippen LogP contribution is 2.20. The number of carbonyl (C=O) groups excluding carboxylic acids is 1. The Hall–Kier alpha value is -1.35. The van der Waals surface area contributed by atoms with Gasteiger partial charge in [-0.2, -0.15) is 0 Å². The first-order valence-corrected chi connectivity index (χ1v) is 5.64. The summed E-state index contributed by atoms with van der Waals surface area (Å²) >= 11 is 0. The van der Waals surface area contributed by atoms with Gasteiger partial charge < -0.3 is 9.64 Å². The van der Waals surface area contributed by atoms with Crippen molar-refractivity contribution < 1.29 is 9.53 Å². The highest BCUT2D eigenvalue weighted by atomic mass is 16.5. The van der Waals surface area contributed by atoms with E-state index in [4.69, 9.17) is 4.74 Å². The molecule has 1 aliphatic rings. The molecule has 0 spiro atoms. The molecule has 1 saturated heterocycles. The zero-order chi connectivity index (χ0) is 11.4. The maximum absolute atomic E-state index is 11.2. The van der Waals surface area contributed by atoms with Crippen LogP contribution < -0.4 is 4.90 Å². The van der Waals surface area contributed by atoms with E-state index in [9.17, 15) is 4.79 Å². The van der Waals surface area contributed by atoms with Gasteiger partial charge in [-0.05, 0) is 17.7 Å². The molecule has 1 aromatic carbocycles. The normalized spacial score (nSPS) is 16.6. The van der Waals surface area contributed by atoms with Gasteiger partial charge in [-0.3, -0.25) is 4.79 Å². The number of rotatable bonds is 3. The summed E-state index contributed by atoms with van der Waals surface area (Å²) in [4.78, 5) is 13.4. The molecular formula is C13H17NO2. The van der Waals surface area contributed by atoms with Gasteiger partial charge in [0.05, 0.1) is 6.61 Å². The van der Waals surface area contributed by atoms with Crippen molar-refractivity contribution in [2.75, 3.05) is 25.1 Å². The van der Waals surface area contributed by atoms with E-state index >= 15 is 0 Å². The molecule has 0 N–H and O–H groups in total. The Labute approximate surface area is 96.0 Å². The number of hydrogen-bond donors (Lipinski definition) is 0. The molecule has 0 bridgehead atoms. The van der Waals surface area contributed by atoms with E-state index in [-0.39, 0.29) is 0 Å². The number of hydrogen-bond acceptors (Lipinski definition) is 3. The smallest absolute Gasteiger partial charge is 0.136 e. The fraction of sp³-hybridized carbons (Fsp3) is 0.462. The lowest BCUT2D eigenvalue weighted by molar-refractivity contribution is -0.119. The van der Waals surface area contributed by atoms with Crippen molar-refractivity contribution in [3.63, 3.8) is 0 Å². The number of piperidine rings is 1. The maximum atomic E-state index is 11.2. The Balaban J connectivity index is 2.08. The molecule has 2 rings (SSSR count). The number of ether oxygens (including phenoxy) is 1. The molecule has 0 atom stereocenters. The number of benzene rings is 1. The lowest BCUT2D eigenvalue weighted by Crippen LogP contribution is -2.33. The standard InChI is InChI=1S/C13H17NO2/c1-16-10-11-3-2-4-12(9-11)14-7-5-13(15)6-8-14/h2-4,9H,5-8,10H2,1H3. The van der Waals surface area contributed by atoms with Crippen LogP contribution in [0.3, 0.4) is 0 Å². The van der Waals surface area contributed by atoms with Crippen molar-refractivity contribution in [2.24, 2.45) is 0 Å². The number of anilines is 1. The number of methoxy groups -OCH3 is 1. The van der Waals surface area contributed by atoms with Gasteiger partial charge in [0.15, 0.2) is 0 Å². The minimum Gasteiger partial charge on any atom is -0.380 e. The second-order valence-electron chi connectivity index (χ2n) is 4.13. The van der Waals surface area contributed by atoms with Crippen LogP contribution in [-0.2, 0) is 16.1 Å². The molecule has 0 aliphatic carbocycles. The number of ketones is 1. The average Bonchev–Trinajstić information content (AvgIpc) is 2.31. The Morgan fingerprint density at radius 2 is 2.06 bits per heavy atom. The molecule has 1 aromatic rings. The van der Waals surface area contributed by atoms with Gasteiger partial charge in [-0.1, -0.05) is 12.1 Å². The molecule has 0 unspecified atom stereocenters. The molecule has 86 valence electrons. The van der Waals surface area contributed by atoms with Crippen LogP contribution >= 0.6 is 0 Å². The van der Waals surface area contributed by atoms with E-state index < -0.39 is 0 Å². The second kappa shape index (κ2) is 5.12. The highest BCUT2D eigenvalue weighted by molar-refractivity contribution is 5.81. The Morgan fingerprint density at radius 3 is 2.75 bits per heavy atom. The number of carbonyl (C=O) groups is 1. The van der Waals surface area contributed by atoms with Crippen LogP contribution in [0.25, 0.3) is 0 Å². The van der Waals surface area contributed by atoms with Crippen molar-refractivity contribution >= 4 is 11.5 Å². The molecule has 0 aromatic heterocycles. The summed E-state index contributed by atoms with van der Waals surface area (Å²) in [5.74, 6) is 0.379. The lowest BCUT2D eigenvalue weighted by Gasteiger charge is -2.28. The third kappa shape index (κ3) is 2.61. The zero-order valence-electron chi connectivity index (χ0n) is 9.61. The zero-order valence-corrected chi connectivity index (χ0v) is 9.61. The van der Waals surface area contributed by atoms with E-state index in [0.717, 1.165) is 13.1 Å². The maximum Gasteiger partial charge on any atom is 0.136 e. The monoisotopic (exact) mass is 219 g/mol. The van der Waals surface area contributed by atoms with Crippen molar-refractivity contribution in [3.8, 4) is 0 Å². The van der Waals surface area contributed by atoms with E-state index in [0.29, 0.717) is 25.2 Å². The van der Waals surface area contributed by atoms with E-state index in [1.54, 1.807) is 7.11 Å². The third-order valence-electron chi connectivity index (χ3n) is 2.91. The average molecular weight is 219 g/mol. The molecule has 1 fully saturated rings. The third-order valence-corrected chi connectivity index (χ3v) is 2.91. The second-order valence-corrected chi connectivity index (χ2v) is 4.13. The Bertz CT molecular complexity index is 366. The molecule has 3 heteroatoms. The van der Waals surface area contributed by atoms with Crippen LogP contribution in [0, 0.1) is 0 Å². The van der Waals surface area contributed by atoms with Gasteiger partial charge in [0.2, 0.25) is 0 Å². The molecule has 3 nitrogen and oxygen atoms in total. The summed E-state index contributed by atoms with van der Waals surface area (Å²) in [7, 11) is 1.70. The van der Waals surface area contributed by atoms with Gasteiger partial charge in [-0.25, -0.2) is 0 Å². The summed E-state index contributed by atoms with van der Waals surface area (Å²) in [5.41, 5.74) is 2.37. The SMILES string of the molecule is COCc1cccc(N2CCC(=O)CC2)c1. The summed E-state index contributed by atoms with van der Waals surface area (Å²) in [5, 5.41) is 0. The molecule has 16 heavy (non-hydrogen) atoms. The van der Waals surface area contributed by atoms with Crippen LogP contribution in [0.1, 0.15) is 18.4 Å². The molecule has 0 amide bonds. The number of nitrogens with zero attached hydrogens (tertiary/aromatic N) is 1. The predicted octanol–water partition coefficient (Wildman–Crippen LogP) is 2.00. The van der Waals surface area contributed by atoms with Crippen molar-refractivity contribution in [1.82, 2.24) is 0 Å². The van der Waals surface area contributed by atoms with E-state index in [1.807, 2.05) is 6.07 Å². The van der Waals surface area contributed by atoms with E-state index in [2.05, 4.69) is 23.1 Å². The van der Waals surface area contributed by atoms with Crippen molar-refractivity contribution in [1.29, 1.82) is 0 Å². The Morgan fingerprint density at radius 1 is 1.31 bits per heavy atom. The lowest BCUT2D eigenvalue weighted by atomic mass is 10.1. The molecule has 0 radical (unpaired) electrons. The summed E-state index contributed by atoms with van der Waals surface area (Å²) in [6, 6.07) is 8.33. The van der Waals surface area contributed by atoms with Crippen LogP contribution in [0.4, 0.5) is 5.69 Å².